The molecule has 0 aliphatic rings. The van der Waals surface area contributed by atoms with Crippen molar-refractivity contribution >= 4 is 33.7 Å². The first-order valence-electron chi connectivity index (χ1n) is 8.12. The lowest BCUT2D eigenvalue weighted by Crippen LogP contribution is -2.27. The number of carbonyl (C=O) groups is 1. The number of hydrogen-bond acceptors (Lipinski definition) is 5. The zero-order valence-corrected chi connectivity index (χ0v) is 14.6. The fourth-order valence-corrected chi connectivity index (χ4v) is 3.02. The van der Waals surface area contributed by atoms with E-state index in [9.17, 15) is 9.59 Å². The molecule has 1 N–H and O–H groups in total. The number of rotatable bonds is 3. The van der Waals surface area contributed by atoms with Crippen LogP contribution in [0.5, 0.6) is 0 Å². The lowest BCUT2D eigenvalue weighted by Gasteiger charge is -2.07. The number of aryl methyl sites for hydroxylation is 2. The fourth-order valence-electron chi connectivity index (χ4n) is 3.02. The van der Waals surface area contributed by atoms with Gasteiger partial charge in [0.2, 0.25) is 11.5 Å². The summed E-state index contributed by atoms with van der Waals surface area (Å²) in [5, 5.41) is 7.84. The fraction of sp³-hybridized carbons (Fsp3) is 0.222. The van der Waals surface area contributed by atoms with E-state index >= 15 is 0 Å². The number of para-hydroxylation sites is 1. The molecule has 8 heteroatoms. The van der Waals surface area contributed by atoms with E-state index in [4.69, 9.17) is 4.42 Å². The summed E-state index contributed by atoms with van der Waals surface area (Å²) in [5.41, 5.74) is 3.07. The first-order valence-corrected chi connectivity index (χ1v) is 8.12. The molecule has 4 rings (SSSR count). The molecule has 0 fully saturated rings. The highest BCUT2D eigenvalue weighted by molar-refractivity contribution is 6.01. The van der Waals surface area contributed by atoms with Crippen LogP contribution in [0.4, 0.5) is 5.69 Å². The van der Waals surface area contributed by atoms with Crippen LogP contribution in [0.15, 0.2) is 39.8 Å². The van der Waals surface area contributed by atoms with Crippen LogP contribution in [0, 0.1) is 13.8 Å². The van der Waals surface area contributed by atoms with Crippen LogP contribution in [0.3, 0.4) is 0 Å². The van der Waals surface area contributed by atoms with Gasteiger partial charge in [0.05, 0.1) is 23.4 Å². The average Bonchev–Trinajstić information content (AvgIpc) is 3.11. The van der Waals surface area contributed by atoms with E-state index in [2.05, 4.69) is 15.4 Å². The SMILES string of the molecule is Cc1nn(C)c(C)c1NC(=O)Cn1cnc2c(oc3ccccc32)c1=O. The number of benzene rings is 1. The van der Waals surface area contributed by atoms with Crippen molar-refractivity contribution in [3.8, 4) is 0 Å². The van der Waals surface area contributed by atoms with Crippen molar-refractivity contribution in [2.24, 2.45) is 7.05 Å². The summed E-state index contributed by atoms with van der Waals surface area (Å²) in [6.07, 6.45) is 1.37. The minimum atomic E-state index is -0.388. The molecule has 8 nitrogen and oxygen atoms in total. The monoisotopic (exact) mass is 351 g/mol. The van der Waals surface area contributed by atoms with Gasteiger partial charge in [-0.25, -0.2) is 4.98 Å². The number of furan rings is 1. The van der Waals surface area contributed by atoms with Gasteiger partial charge in [0.25, 0.3) is 5.56 Å². The van der Waals surface area contributed by atoms with Crippen molar-refractivity contribution in [2.45, 2.75) is 20.4 Å². The topological polar surface area (TPSA) is 95.0 Å². The van der Waals surface area contributed by atoms with Crippen molar-refractivity contribution in [2.75, 3.05) is 5.32 Å². The first kappa shape index (κ1) is 16.1. The molecule has 0 atom stereocenters. The molecule has 0 saturated carbocycles. The van der Waals surface area contributed by atoms with E-state index in [1.165, 1.54) is 10.9 Å². The molecule has 1 amide bonds. The molecule has 3 heterocycles. The van der Waals surface area contributed by atoms with Gasteiger partial charge in [-0.1, -0.05) is 12.1 Å². The second-order valence-electron chi connectivity index (χ2n) is 6.17. The zero-order chi connectivity index (χ0) is 18.4. The lowest BCUT2D eigenvalue weighted by molar-refractivity contribution is -0.116. The van der Waals surface area contributed by atoms with Crippen molar-refractivity contribution in [3.63, 3.8) is 0 Å². The summed E-state index contributed by atoms with van der Waals surface area (Å²) in [4.78, 5) is 29.3. The highest BCUT2D eigenvalue weighted by Gasteiger charge is 2.16. The Hall–Kier alpha value is -3.42. The normalized spacial score (nSPS) is 11.3. The number of nitrogens with zero attached hydrogens (tertiary/aromatic N) is 4. The summed E-state index contributed by atoms with van der Waals surface area (Å²) in [6.45, 7) is 3.52. The van der Waals surface area contributed by atoms with Gasteiger partial charge < -0.3 is 9.73 Å². The molecule has 0 aliphatic heterocycles. The molecule has 26 heavy (non-hydrogen) atoms. The van der Waals surface area contributed by atoms with Crippen LogP contribution in [0.1, 0.15) is 11.4 Å². The number of carbonyl (C=O) groups excluding carboxylic acids is 1. The van der Waals surface area contributed by atoms with Crippen molar-refractivity contribution in [3.05, 3.63) is 52.3 Å². The van der Waals surface area contributed by atoms with E-state index < -0.39 is 0 Å². The van der Waals surface area contributed by atoms with Crippen LogP contribution in [0.25, 0.3) is 22.1 Å². The van der Waals surface area contributed by atoms with E-state index in [1.807, 2.05) is 39.1 Å². The predicted molar refractivity (Wildman–Crippen MR) is 97.1 cm³/mol. The Morgan fingerprint density at radius 1 is 1.27 bits per heavy atom. The first-order chi connectivity index (χ1) is 12.5. The summed E-state index contributed by atoms with van der Waals surface area (Å²) >= 11 is 0. The molecule has 0 bridgehead atoms. The lowest BCUT2D eigenvalue weighted by atomic mass is 10.2. The number of anilines is 1. The summed E-state index contributed by atoms with van der Waals surface area (Å²) < 4.78 is 8.56. The molecule has 4 aromatic rings. The van der Waals surface area contributed by atoms with Gasteiger partial charge in [-0.15, -0.1) is 0 Å². The van der Waals surface area contributed by atoms with Crippen LogP contribution in [-0.4, -0.2) is 25.2 Å². The Labute approximate surface area is 148 Å². The van der Waals surface area contributed by atoms with Crippen LogP contribution in [-0.2, 0) is 18.4 Å². The number of aromatic nitrogens is 4. The zero-order valence-electron chi connectivity index (χ0n) is 14.6. The van der Waals surface area contributed by atoms with Gasteiger partial charge in [0.1, 0.15) is 17.6 Å². The molecule has 132 valence electrons. The number of nitrogens with one attached hydrogen (secondary N) is 1. The average molecular weight is 351 g/mol. The quantitative estimate of drug-likeness (QED) is 0.610. The molecule has 3 aromatic heterocycles. The molecule has 0 saturated heterocycles. The molecule has 0 unspecified atom stereocenters. The van der Waals surface area contributed by atoms with Crippen LogP contribution >= 0.6 is 0 Å². The van der Waals surface area contributed by atoms with Crippen LogP contribution in [0.2, 0.25) is 0 Å². The minimum Gasteiger partial charge on any atom is -0.448 e. The summed E-state index contributed by atoms with van der Waals surface area (Å²) in [5.74, 6) is -0.330. The Morgan fingerprint density at radius 3 is 2.77 bits per heavy atom. The maximum Gasteiger partial charge on any atom is 0.297 e. The Balaban J connectivity index is 1.67. The summed E-state index contributed by atoms with van der Waals surface area (Å²) in [6, 6.07) is 7.31. The van der Waals surface area contributed by atoms with Crippen molar-refractivity contribution < 1.29 is 9.21 Å². The second kappa shape index (κ2) is 5.83. The van der Waals surface area contributed by atoms with Crippen LogP contribution < -0.4 is 10.9 Å². The Morgan fingerprint density at radius 2 is 2.04 bits per heavy atom. The third kappa shape index (κ3) is 2.46. The van der Waals surface area contributed by atoms with E-state index in [0.717, 1.165) is 16.8 Å². The number of hydrogen-bond donors (Lipinski definition) is 1. The Bertz CT molecular complexity index is 1210. The predicted octanol–water partition coefficient (Wildman–Crippen LogP) is 2.13. The van der Waals surface area contributed by atoms with Gasteiger partial charge >= 0.3 is 0 Å². The molecular formula is C18H17N5O3. The van der Waals surface area contributed by atoms with E-state index in [1.54, 1.807) is 10.7 Å². The standard InChI is InChI=1S/C18H17N5O3/c1-10-15(11(2)22(3)21-10)20-14(24)8-23-9-19-16-12-6-4-5-7-13(12)26-17(16)18(23)25/h4-7,9H,8H2,1-3H3,(H,20,24). The number of amides is 1. The second-order valence-corrected chi connectivity index (χ2v) is 6.17. The van der Waals surface area contributed by atoms with Gasteiger partial charge in [0, 0.05) is 12.4 Å². The third-order valence-corrected chi connectivity index (χ3v) is 4.44. The van der Waals surface area contributed by atoms with Crippen molar-refractivity contribution in [1.82, 2.24) is 19.3 Å². The molecule has 1 aromatic carbocycles. The third-order valence-electron chi connectivity index (χ3n) is 4.44. The smallest absolute Gasteiger partial charge is 0.297 e. The highest BCUT2D eigenvalue weighted by Crippen LogP contribution is 2.24. The number of fused-ring (bicyclic) bond motifs is 3. The molecule has 0 spiro atoms. The molecular weight excluding hydrogens is 334 g/mol. The summed E-state index contributed by atoms with van der Waals surface area (Å²) in [7, 11) is 1.81. The van der Waals surface area contributed by atoms with E-state index in [-0.39, 0.29) is 23.6 Å². The molecule has 0 radical (unpaired) electrons. The van der Waals surface area contributed by atoms with Crippen molar-refractivity contribution in [1.29, 1.82) is 0 Å². The van der Waals surface area contributed by atoms with E-state index in [0.29, 0.717) is 16.8 Å². The van der Waals surface area contributed by atoms with Gasteiger partial charge in [-0.3, -0.25) is 18.8 Å². The maximum atomic E-state index is 12.7. The van der Waals surface area contributed by atoms with Gasteiger partial charge in [0.15, 0.2) is 0 Å². The minimum absolute atomic E-state index is 0.148. The van der Waals surface area contributed by atoms with Gasteiger partial charge in [-0.05, 0) is 26.0 Å². The largest absolute Gasteiger partial charge is 0.448 e. The Kier molecular flexibility index (Phi) is 3.61. The van der Waals surface area contributed by atoms with Gasteiger partial charge in [-0.2, -0.15) is 5.10 Å². The maximum absolute atomic E-state index is 12.7. The molecule has 0 aliphatic carbocycles. The highest BCUT2D eigenvalue weighted by atomic mass is 16.3.